The number of ether oxygens (including phenoxy) is 1. The maximum atomic E-state index is 13.1. The molecule has 4 aromatic rings. The summed E-state index contributed by atoms with van der Waals surface area (Å²) in [6.45, 7) is 2.25. The second-order valence-electron chi connectivity index (χ2n) is 9.66. The van der Waals surface area contributed by atoms with Gasteiger partial charge in [-0.25, -0.2) is 9.78 Å². The van der Waals surface area contributed by atoms with E-state index in [0.717, 1.165) is 60.0 Å². The number of pyridine rings is 1. The van der Waals surface area contributed by atoms with E-state index in [2.05, 4.69) is 45.1 Å². The van der Waals surface area contributed by atoms with E-state index >= 15 is 0 Å². The number of carbonyl (C=O) groups is 1. The van der Waals surface area contributed by atoms with Gasteiger partial charge in [-0.2, -0.15) is 0 Å². The van der Waals surface area contributed by atoms with E-state index in [4.69, 9.17) is 9.72 Å². The maximum absolute atomic E-state index is 13.1. The van der Waals surface area contributed by atoms with Crippen LogP contribution in [0.3, 0.4) is 0 Å². The average molecular weight is 484 g/mol. The van der Waals surface area contributed by atoms with Crippen LogP contribution in [0.2, 0.25) is 0 Å². The highest BCUT2D eigenvalue weighted by atomic mass is 16.5. The van der Waals surface area contributed by atoms with Crippen LogP contribution in [-0.4, -0.2) is 59.5 Å². The van der Waals surface area contributed by atoms with Crippen LogP contribution in [0.25, 0.3) is 16.8 Å². The van der Waals surface area contributed by atoms with Crippen molar-refractivity contribution in [1.82, 2.24) is 19.2 Å². The lowest BCUT2D eigenvalue weighted by Crippen LogP contribution is -2.42. The van der Waals surface area contributed by atoms with Gasteiger partial charge in [-0.15, -0.1) is 0 Å². The van der Waals surface area contributed by atoms with Crippen molar-refractivity contribution >= 4 is 17.2 Å². The molecule has 1 atom stereocenters. The van der Waals surface area contributed by atoms with Crippen LogP contribution in [0.1, 0.15) is 30.1 Å². The molecule has 1 saturated heterocycles. The Bertz CT molecular complexity index is 1350. The number of aromatic nitrogens is 2. The molecule has 36 heavy (non-hydrogen) atoms. The second kappa shape index (κ2) is 10.4. The van der Waals surface area contributed by atoms with E-state index in [-0.39, 0.29) is 11.9 Å². The third-order valence-corrected chi connectivity index (χ3v) is 6.70. The Hall–Kier alpha value is -3.84. The number of carbonyl (C=O) groups excluding carboxylic acids is 1. The molecule has 1 aliphatic heterocycles. The zero-order valence-electron chi connectivity index (χ0n) is 21.1. The number of anilines is 1. The fraction of sp³-hybridized carbons (Fsp3) is 0.310. The molecule has 0 aliphatic carbocycles. The molecule has 0 radical (unpaired) electrons. The first-order valence-corrected chi connectivity index (χ1v) is 12.4. The Kier molecular flexibility index (Phi) is 6.91. The quantitative estimate of drug-likeness (QED) is 0.394. The van der Waals surface area contributed by atoms with Gasteiger partial charge in [-0.1, -0.05) is 30.3 Å². The van der Waals surface area contributed by atoms with Gasteiger partial charge in [0.15, 0.2) is 0 Å². The van der Waals surface area contributed by atoms with Crippen molar-refractivity contribution in [2.45, 2.75) is 25.3 Å². The Morgan fingerprint density at radius 2 is 1.94 bits per heavy atom. The number of nitrogens with one attached hydrogen (secondary N) is 1. The van der Waals surface area contributed by atoms with Gasteiger partial charge < -0.3 is 24.3 Å². The maximum Gasteiger partial charge on any atom is 0.321 e. The first kappa shape index (κ1) is 23.9. The van der Waals surface area contributed by atoms with E-state index in [1.807, 2.05) is 61.5 Å². The minimum atomic E-state index is -0.0612. The highest BCUT2D eigenvalue weighted by molar-refractivity contribution is 5.89. The number of urea groups is 1. The molecule has 0 unspecified atom stereocenters. The van der Waals surface area contributed by atoms with Crippen molar-refractivity contribution in [2.75, 3.05) is 39.6 Å². The molecule has 7 nitrogen and oxygen atoms in total. The molecular weight excluding hydrogens is 450 g/mol. The normalized spacial score (nSPS) is 15.9. The van der Waals surface area contributed by atoms with Crippen molar-refractivity contribution < 1.29 is 9.53 Å². The molecular formula is C29H33N5O2. The number of nitrogens with zero attached hydrogens (tertiary/aromatic N) is 4. The molecule has 0 spiro atoms. The largest absolute Gasteiger partial charge is 0.497 e. The van der Waals surface area contributed by atoms with Gasteiger partial charge >= 0.3 is 6.03 Å². The van der Waals surface area contributed by atoms with Crippen LogP contribution in [0, 0.1) is 0 Å². The molecule has 5 rings (SSSR count). The molecule has 1 fully saturated rings. The summed E-state index contributed by atoms with van der Waals surface area (Å²) >= 11 is 0. The topological polar surface area (TPSA) is 62.1 Å². The monoisotopic (exact) mass is 483 g/mol. The molecule has 186 valence electrons. The number of likely N-dealkylation sites (tertiary alicyclic amines) is 1. The van der Waals surface area contributed by atoms with E-state index in [1.165, 1.54) is 5.56 Å². The van der Waals surface area contributed by atoms with Crippen LogP contribution < -0.4 is 10.1 Å². The van der Waals surface area contributed by atoms with Crippen LogP contribution in [0.15, 0.2) is 72.9 Å². The molecule has 2 aromatic heterocycles. The number of hydrogen-bond acceptors (Lipinski definition) is 4. The predicted molar refractivity (Wildman–Crippen MR) is 144 cm³/mol. The zero-order valence-corrected chi connectivity index (χ0v) is 21.1. The highest BCUT2D eigenvalue weighted by Gasteiger charge is 2.28. The lowest BCUT2D eigenvalue weighted by atomic mass is 9.97. The summed E-state index contributed by atoms with van der Waals surface area (Å²) in [5, 5.41) is 3.08. The van der Waals surface area contributed by atoms with Crippen molar-refractivity contribution in [3.05, 3.63) is 84.3 Å². The summed E-state index contributed by atoms with van der Waals surface area (Å²) in [6.07, 6.45) is 4.00. The van der Waals surface area contributed by atoms with Gasteiger partial charge in [0.2, 0.25) is 0 Å². The summed E-state index contributed by atoms with van der Waals surface area (Å²) in [6, 6.07) is 22.2. The van der Waals surface area contributed by atoms with Crippen LogP contribution in [-0.2, 0) is 6.54 Å². The Labute approximate surface area is 212 Å². The van der Waals surface area contributed by atoms with Crippen molar-refractivity contribution in [3.63, 3.8) is 0 Å². The van der Waals surface area contributed by atoms with Crippen LogP contribution in [0.5, 0.6) is 5.75 Å². The van der Waals surface area contributed by atoms with Gasteiger partial charge in [0.25, 0.3) is 0 Å². The SMILES string of the molecule is COc1cccc(-c2nc([C@@H]3CCCN(C(=O)Nc4ccc(CN(C)C)cc4)C3)n3ccccc23)c1. The number of methoxy groups -OCH3 is 1. The molecule has 1 N–H and O–H groups in total. The van der Waals surface area contributed by atoms with Crippen LogP contribution in [0.4, 0.5) is 10.5 Å². The van der Waals surface area contributed by atoms with E-state index < -0.39 is 0 Å². The fourth-order valence-corrected chi connectivity index (χ4v) is 4.97. The molecule has 0 bridgehead atoms. The van der Waals surface area contributed by atoms with Gasteiger partial charge in [0, 0.05) is 43.0 Å². The Morgan fingerprint density at radius 1 is 1.11 bits per heavy atom. The third-order valence-electron chi connectivity index (χ3n) is 6.70. The molecule has 3 heterocycles. The fourth-order valence-electron chi connectivity index (χ4n) is 4.97. The van der Waals surface area contributed by atoms with Crippen molar-refractivity contribution in [2.24, 2.45) is 0 Å². The number of imidazole rings is 1. The molecule has 7 heteroatoms. The first-order chi connectivity index (χ1) is 17.5. The summed E-state index contributed by atoms with van der Waals surface area (Å²) in [5.41, 5.74) is 5.04. The zero-order chi connectivity index (χ0) is 25.1. The number of hydrogen-bond donors (Lipinski definition) is 1. The smallest absolute Gasteiger partial charge is 0.321 e. The Balaban J connectivity index is 1.36. The highest BCUT2D eigenvalue weighted by Crippen LogP contribution is 2.33. The van der Waals surface area contributed by atoms with Crippen molar-refractivity contribution in [3.8, 4) is 17.0 Å². The van der Waals surface area contributed by atoms with Gasteiger partial charge in [-0.05, 0) is 68.9 Å². The summed E-state index contributed by atoms with van der Waals surface area (Å²) in [7, 11) is 5.77. The van der Waals surface area contributed by atoms with Gasteiger partial charge in [0.1, 0.15) is 11.6 Å². The third kappa shape index (κ3) is 5.06. The predicted octanol–water partition coefficient (Wildman–Crippen LogP) is 5.48. The number of piperidine rings is 1. The second-order valence-corrected chi connectivity index (χ2v) is 9.66. The lowest BCUT2D eigenvalue weighted by molar-refractivity contribution is 0.191. The first-order valence-electron chi connectivity index (χ1n) is 12.4. The van der Waals surface area contributed by atoms with Crippen molar-refractivity contribution in [1.29, 1.82) is 0 Å². The minimum absolute atomic E-state index is 0.0612. The summed E-state index contributed by atoms with van der Waals surface area (Å²) in [4.78, 5) is 22.3. The van der Waals surface area contributed by atoms with Gasteiger partial charge in [-0.3, -0.25) is 0 Å². The number of fused-ring (bicyclic) bond motifs is 1. The Morgan fingerprint density at radius 3 is 2.72 bits per heavy atom. The average Bonchev–Trinajstić information content (AvgIpc) is 3.29. The summed E-state index contributed by atoms with van der Waals surface area (Å²) in [5.74, 6) is 1.96. The lowest BCUT2D eigenvalue weighted by Gasteiger charge is -2.32. The van der Waals surface area contributed by atoms with Crippen LogP contribution >= 0.6 is 0 Å². The standard InChI is InChI=1S/C29H33N5O2/c1-32(2)19-21-12-14-24(15-13-21)30-29(35)33-16-7-9-23(20-33)28-31-27(26-11-4-5-17-34(26)28)22-8-6-10-25(18-22)36-3/h4-6,8,10-15,17-18,23H,7,9,16,19-20H2,1-3H3,(H,30,35)/t23-/m1/s1. The van der Waals surface area contributed by atoms with E-state index in [1.54, 1.807) is 7.11 Å². The van der Waals surface area contributed by atoms with E-state index in [9.17, 15) is 4.79 Å². The number of benzene rings is 2. The molecule has 0 saturated carbocycles. The number of amides is 2. The molecule has 2 aromatic carbocycles. The minimum Gasteiger partial charge on any atom is -0.497 e. The van der Waals surface area contributed by atoms with E-state index in [0.29, 0.717) is 6.54 Å². The molecule has 2 amide bonds. The molecule has 1 aliphatic rings. The number of rotatable bonds is 6. The van der Waals surface area contributed by atoms with Gasteiger partial charge in [0.05, 0.1) is 18.3 Å². The summed E-state index contributed by atoms with van der Waals surface area (Å²) < 4.78 is 7.61.